The SMILES string of the molecule is Cc1nc(C)c2c(CCN)cn(C(C)C)c2n1. The minimum atomic E-state index is 0.401. The van der Waals surface area contributed by atoms with Crippen LogP contribution in [-0.2, 0) is 6.42 Å². The molecule has 0 unspecified atom stereocenters. The molecule has 0 aliphatic rings. The second-order valence-corrected chi connectivity index (χ2v) is 4.75. The largest absolute Gasteiger partial charge is 0.330 e. The molecule has 0 aromatic carbocycles. The summed E-state index contributed by atoms with van der Waals surface area (Å²) in [6.07, 6.45) is 3.05. The standard InChI is InChI=1S/C13H20N4/c1-8(2)17-7-11(5-6-14)12-9(3)15-10(4)16-13(12)17/h7-8H,5-6,14H2,1-4H3. The summed E-state index contributed by atoms with van der Waals surface area (Å²) >= 11 is 0. The van der Waals surface area contributed by atoms with E-state index in [0.29, 0.717) is 12.6 Å². The molecule has 2 heterocycles. The lowest BCUT2D eigenvalue weighted by Gasteiger charge is -2.08. The molecule has 0 saturated carbocycles. The Morgan fingerprint density at radius 2 is 2.00 bits per heavy atom. The third-order valence-electron chi connectivity index (χ3n) is 3.01. The van der Waals surface area contributed by atoms with Crippen LogP contribution < -0.4 is 5.73 Å². The van der Waals surface area contributed by atoms with Gasteiger partial charge in [0.1, 0.15) is 11.5 Å². The number of nitrogens with zero attached hydrogens (tertiary/aromatic N) is 3. The van der Waals surface area contributed by atoms with Crippen molar-refractivity contribution >= 4 is 11.0 Å². The average molecular weight is 232 g/mol. The Morgan fingerprint density at radius 1 is 1.29 bits per heavy atom. The van der Waals surface area contributed by atoms with E-state index >= 15 is 0 Å². The first kappa shape index (κ1) is 12.0. The third-order valence-corrected chi connectivity index (χ3v) is 3.01. The summed E-state index contributed by atoms with van der Waals surface area (Å²) in [7, 11) is 0. The van der Waals surface area contributed by atoms with Gasteiger partial charge in [0.25, 0.3) is 0 Å². The van der Waals surface area contributed by atoms with Gasteiger partial charge in [-0.05, 0) is 46.2 Å². The van der Waals surface area contributed by atoms with Crippen LogP contribution in [0.25, 0.3) is 11.0 Å². The lowest BCUT2D eigenvalue weighted by atomic mass is 10.1. The smallest absolute Gasteiger partial charge is 0.144 e. The van der Waals surface area contributed by atoms with E-state index in [1.807, 2.05) is 13.8 Å². The molecular formula is C13H20N4. The zero-order valence-electron chi connectivity index (χ0n) is 11.0. The minimum absolute atomic E-state index is 0.401. The molecule has 0 bridgehead atoms. The first-order valence-corrected chi connectivity index (χ1v) is 6.09. The van der Waals surface area contributed by atoms with Crippen molar-refractivity contribution in [3.8, 4) is 0 Å². The lowest BCUT2D eigenvalue weighted by Crippen LogP contribution is -2.02. The Bertz CT molecular complexity index is 540. The lowest BCUT2D eigenvalue weighted by molar-refractivity contribution is 0.615. The number of aromatic nitrogens is 3. The molecule has 4 heteroatoms. The van der Waals surface area contributed by atoms with Crippen molar-refractivity contribution in [3.05, 3.63) is 23.3 Å². The average Bonchev–Trinajstić information content (AvgIpc) is 2.57. The fourth-order valence-electron chi connectivity index (χ4n) is 2.29. The third kappa shape index (κ3) is 2.05. The molecule has 17 heavy (non-hydrogen) atoms. The first-order chi connectivity index (χ1) is 8.04. The van der Waals surface area contributed by atoms with Crippen molar-refractivity contribution in [1.82, 2.24) is 14.5 Å². The molecule has 0 fully saturated rings. The van der Waals surface area contributed by atoms with Gasteiger partial charge in [-0.25, -0.2) is 9.97 Å². The molecule has 0 radical (unpaired) electrons. The Hall–Kier alpha value is -1.42. The highest BCUT2D eigenvalue weighted by atomic mass is 15.1. The van der Waals surface area contributed by atoms with Gasteiger partial charge < -0.3 is 10.3 Å². The Labute approximate surface area is 102 Å². The molecular weight excluding hydrogens is 212 g/mol. The van der Waals surface area contributed by atoms with Gasteiger partial charge in [0.05, 0.1) is 5.69 Å². The number of hydrogen-bond donors (Lipinski definition) is 1. The van der Waals surface area contributed by atoms with Crippen molar-refractivity contribution in [2.24, 2.45) is 5.73 Å². The van der Waals surface area contributed by atoms with E-state index in [1.165, 1.54) is 10.9 Å². The molecule has 0 atom stereocenters. The molecule has 0 spiro atoms. The molecule has 4 nitrogen and oxygen atoms in total. The predicted octanol–water partition coefficient (Wildman–Crippen LogP) is 2.13. The van der Waals surface area contributed by atoms with E-state index in [2.05, 4.69) is 34.6 Å². The maximum absolute atomic E-state index is 5.67. The van der Waals surface area contributed by atoms with Crippen molar-refractivity contribution in [3.63, 3.8) is 0 Å². The number of fused-ring (bicyclic) bond motifs is 1. The van der Waals surface area contributed by atoms with Gasteiger partial charge in [0.2, 0.25) is 0 Å². The molecule has 2 aromatic rings. The van der Waals surface area contributed by atoms with Gasteiger partial charge in [-0.2, -0.15) is 0 Å². The molecule has 2 rings (SSSR count). The van der Waals surface area contributed by atoms with E-state index in [0.717, 1.165) is 23.6 Å². The first-order valence-electron chi connectivity index (χ1n) is 6.09. The molecule has 2 aromatic heterocycles. The van der Waals surface area contributed by atoms with Crippen molar-refractivity contribution in [2.75, 3.05) is 6.54 Å². The summed E-state index contributed by atoms with van der Waals surface area (Å²) in [5.74, 6) is 0.828. The second-order valence-electron chi connectivity index (χ2n) is 4.75. The van der Waals surface area contributed by atoms with Crippen molar-refractivity contribution in [1.29, 1.82) is 0 Å². The van der Waals surface area contributed by atoms with Crippen molar-refractivity contribution in [2.45, 2.75) is 40.2 Å². The Kier molecular flexibility index (Phi) is 3.15. The number of rotatable bonds is 3. The van der Waals surface area contributed by atoms with Crippen LogP contribution >= 0.6 is 0 Å². The van der Waals surface area contributed by atoms with Crippen LogP contribution in [0.4, 0.5) is 0 Å². The van der Waals surface area contributed by atoms with Gasteiger partial charge in [-0.1, -0.05) is 0 Å². The highest BCUT2D eigenvalue weighted by molar-refractivity contribution is 5.83. The highest BCUT2D eigenvalue weighted by Gasteiger charge is 2.14. The van der Waals surface area contributed by atoms with Crippen LogP contribution in [0.15, 0.2) is 6.20 Å². The van der Waals surface area contributed by atoms with E-state index in [1.54, 1.807) is 0 Å². The molecule has 92 valence electrons. The topological polar surface area (TPSA) is 56.7 Å². The van der Waals surface area contributed by atoms with Crippen LogP contribution in [0, 0.1) is 13.8 Å². The second kappa shape index (κ2) is 4.45. The molecule has 0 amide bonds. The fourth-order valence-corrected chi connectivity index (χ4v) is 2.29. The quantitative estimate of drug-likeness (QED) is 0.882. The summed E-state index contributed by atoms with van der Waals surface area (Å²) in [6, 6.07) is 0.401. The number of hydrogen-bond acceptors (Lipinski definition) is 3. The molecule has 2 N–H and O–H groups in total. The zero-order chi connectivity index (χ0) is 12.6. The molecule has 0 aliphatic heterocycles. The Morgan fingerprint density at radius 3 is 2.59 bits per heavy atom. The summed E-state index contributed by atoms with van der Waals surface area (Å²) in [4.78, 5) is 9.02. The fraction of sp³-hybridized carbons (Fsp3) is 0.538. The summed E-state index contributed by atoms with van der Waals surface area (Å²) in [5.41, 5.74) is 9.01. The van der Waals surface area contributed by atoms with E-state index < -0.39 is 0 Å². The van der Waals surface area contributed by atoms with Gasteiger partial charge >= 0.3 is 0 Å². The highest BCUT2D eigenvalue weighted by Crippen LogP contribution is 2.25. The maximum atomic E-state index is 5.67. The minimum Gasteiger partial charge on any atom is -0.330 e. The van der Waals surface area contributed by atoms with Crippen LogP contribution in [0.3, 0.4) is 0 Å². The summed E-state index contributed by atoms with van der Waals surface area (Å²) < 4.78 is 2.21. The van der Waals surface area contributed by atoms with Crippen LogP contribution in [0.1, 0.15) is 37.0 Å². The molecule has 0 saturated heterocycles. The predicted molar refractivity (Wildman–Crippen MR) is 70.1 cm³/mol. The number of nitrogens with two attached hydrogens (primary N) is 1. The normalized spacial score (nSPS) is 11.6. The zero-order valence-corrected chi connectivity index (χ0v) is 11.0. The van der Waals surface area contributed by atoms with Crippen LogP contribution in [-0.4, -0.2) is 21.1 Å². The monoisotopic (exact) mass is 232 g/mol. The number of aryl methyl sites for hydroxylation is 2. The molecule has 0 aliphatic carbocycles. The van der Waals surface area contributed by atoms with E-state index in [-0.39, 0.29) is 0 Å². The maximum Gasteiger partial charge on any atom is 0.144 e. The van der Waals surface area contributed by atoms with Gasteiger partial charge in [-0.3, -0.25) is 0 Å². The van der Waals surface area contributed by atoms with Crippen LogP contribution in [0.5, 0.6) is 0 Å². The van der Waals surface area contributed by atoms with E-state index in [4.69, 9.17) is 5.73 Å². The summed E-state index contributed by atoms with van der Waals surface area (Å²) in [5, 5.41) is 1.18. The van der Waals surface area contributed by atoms with Gasteiger partial charge in [0, 0.05) is 17.6 Å². The van der Waals surface area contributed by atoms with Gasteiger partial charge in [0.15, 0.2) is 0 Å². The Balaban J connectivity index is 2.76. The summed E-state index contributed by atoms with van der Waals surface area (Å²) in [6.45, 7) is 8.97. The van der Waals surface area contributed by atoms with Crippen molar-refractivity contribution < 1.29 is 0 Å². The van der Waals surface area contributed by atoms with Gasteiger partial charge in [-0.15, -0.1) is 0 Å². The van der Waals surface area contributed by atoms with E-state index in [9.17, 15) is 0 Å². The van der Waals surface area contributed by atoms with Crippen LogP contribution in [0.2, 0.25) is 0 Å².